The van der Waals surface area contributed by atoms with Crippen LogP contribution in [0.3, 0.4) is 0 Å². The first kappa shape index (κ1) is 20.1. The standard InChI is InChI=1S/C20H32N4O2/c1-4-15-26-19-8-6-7-18(16-19)9-10-22-20(21-5-2)24-13-11-23(12-14-24)17(3)25/h6-8,16H,4-5,9-15H2,1-3H3,(H,21,22). The summed E-state index contributed by atoms with van der Waals surface area (Å²) in [6.45, 7) is 11.3. The molecule has 1 aliphatic rings. The molecule has 6 heteroatoms. The molecule has 2 rings (SSSR count). The van der Waals surface area contributed by atoms with Gasteiger partial charge in [-0.1, -0.05) is 19.1 Å². The Hall–Kier alpha value is -2.24. The highest BCUT2D eigenvalue weighted by Crippen LogP contribution is 2.14. The molecule has 1 aromatic rings. The fourth-order valence-corrected chi connectivity index (χ4v) is 2.96. The molecule has 1 fully saturated rings. The molecule has 26 heavy (non-hydrogen) atoms. The quantitative estimate of drug-likeness (QED) is 0.598. The Labute approximate surface area is 157 Å². The molecule has 1 saturated heterocycles. The number of hydrogen-bond donors (Lipinski definition) is 1. The molecule has 1 aliphatic heterocycles. The molecule has 0 unspecified atom stereocenters. The van der Waals surface area contributed by atoms with Gasteiger partial charge >= 0.3 is 0 Å². The third-order valence-electron chi connectivity index (χ3n) is 4.39. The van der Waals surface area contributed by atoms with E-state index >= 15 is 0 Å². The van der Waals surface area contributed by atoms with Crippen LogP contribution in [0.5, 0.6) is 5.75 Å². The first-order valence-electron chi connectivity index (χ1n) is 9.64. The summed E-state index contributed by atoms with van der Waals surface area (Å²) < 4.78 is 5.70. The van der Waals surface area contributed by atoms with Crippen molar-refractivity contribution in [3.05, 3.63) is 29.8 Å². The fourth-order valence-electron chi connectivity index (χ4n) is 2.96. The number of hydrogen-bond acceptors (Lipinski definition) is 3. The van der Waals surface area contributed by atoms with Gasteiger partial charge in [0.25, 0.3) is 0 Å². The molecule has 1 N–H and O–H groups in total. The molecular formula is C20H32N4O2. The van der Waals surface area contributed by atoms with E-state index in [9.17, 15) is 4.79 Å². The number of aliphatic imine (C=N–C) groups is 1. The Morgan fingerprint density at radius 3 is 2.58 bits per heavy atom. The summed E-state index contributed by atoms with van der Waals surface area (Å²) in [6, 6.07) is 8.26. The topological polar surface area (TPSA) is 57.2 Å². The van der Waals surface area contributed by atoms with Crippen LogP contribution in [0.4, 0.5) is 0 Å². The number of amides is 1. The number of carbonyl (C=O) groups excluding carboxylic acids is 1. The number of ether oxygens (including phenoxy) is 1. The highest BCUT2D eigenvalue weighted by atomic mass is 16.5. The van der Waals surface area contributed by atoms with Crippen LogP contribution in [-0.2, 0) is 11.2 Å². The summed E-state index contributed by atoms with van der Waals surface area (Å²) in [6.07, 6.45) is 1.89. The number of piperazine rings is 1. The van der Waals surface area contributed by atoms with Gasteiger partial charge in [-0.25, -0.2) is 0 Å². The average Bonchev–Trinajstić information content (AvgIpc) is 2.66. The van der Waals surface area contributed by atoms with E-state index in [0.29, 0.717) is 0 Å². The second kappa shape index (κ2) is 10.7. The molecule has 144 valence electrons. The zero-order valence-corrected chi connectivity index (χ0v) is 16.3. The number of rotatable bonds is 7. The molecule has 0 spiro atoms. The summed E-state index contributed by atoms with van der Waals surface area (Å²) in [4.78, 5) is 20.4. The lowest BCUT2D eigenvalue weighted by molar-refractivity contribution is -0.130. The van der Waals surface area contributed by atoms with E-state index in [1.165, 1.54) is 5.56 Å². The van der Waals surface area contributed by atoms with E-state index in [2.05, 4.69) is 36.2 Å². The molecule has 1 aromatic carbocycles. The summed E-state index contributed by atoms with van der Waals surface area (Å²) in [7, 11) is 0. The normalized spacial score (nSPS) is 15.1. The predicted octanol–water partition coefficient (Wildman–Crippen LogP) is 2.15. The maximum Gasteiger partial charge on any atom is 0.219 e. The summed E-state index contributed by atoms with van der Waals surface area (Å²) in [5, 5.41) is 3.37. The van der Waals surface area contributed by atoms with Gasteiger partial charge in [0.15, 0.2) is 5.96 Å². The third-order valence-corrected chi connectivity index (χ3v) is 4.39. The molecule has 0 radical (unpaired) electrons. The number of nitrogens with one attached hydrogen (secondary N) is 1. The molecule has 0 atom stereocenters. The van der Waals surface area contributed by atoms with Crippen molar-refractivity contribution in [2.75, 3.05) is 45.9 Å². The van der Waals surface area contributed by atoms with Gasteiger partial charge in [-0.15, -0.1) is 0 Å². The summed E-state index contributed by atoms with van der Waals surface area (Å²) in [5.41, 5.74) is 1.24. The summed E-state index contributed by atoms with van der Waals surface area (Å²) >= 11 is 0. The molecule has 1 amide bonds. The van der Waals surface area contributed by atoms with E-state index in [4.69, 9.17) is 9.73 Å². The van der Waals surface area contributed by atoms with Crippen molar-refractivity contribution < 1.29 is 9.53 Å². The van der Waals surface area contributed by atoms with Crippen LogP contribution in [0, 0.1) is 0 Å². The lowest BCUT2D eigenvalue weighted by atomic mass is 10.1. The molecular weight excluding hydrogens is 328 g/mol. The predicted molar refractivity (Wildman–Crippen MR) is 106 cm³/mol. The lowest BCUT2D eigenvalue weighted by Crippen LogP contribution is -2.53. The first-order valence-corrected chi connectivity index (χ1v) is 9.64. The molecule has 1 heterocycles. The lowest BCUT2D eigenvalue weighted by Gasteiger charge is -2.36. The smallest absolute Gasteiger partial charge is 0.219 e. The minimum absolute atomic E-state index is 0.150. The van der Waals surface area contributed by atoms with Crippen LogP contribution in [-0.4, -0.2) is 67.5 Å². The van der Waals surface area contributed by atoms with Crippen LogP contribution in [0.25, 0.3) is 0 Å². The van der Waals surface area contributed by atoms with Crippen molar-refractivity contribution in [3.63, 3.8) is 0 Å². The monoisotopic (exact) mass is 360 g/mol. The SMILES string of the molecule is CCCOc1cccc(CCN=C(NCC)N2CCN(C(C)=O)CC2)c1. The zero-order valence-electron chi connectivity index (χ0n) is 16.3. The number of carbonyl (C=O) groups is 1. The van der Waals surface area contributed by atoms with Crippen LogP contribution in [0.2, 0.25) is 0 Å². The second-order valence-electron chi connectivity index (χ2n) is 6.47. The van der Waals surface area contributed by atoms with Gasteiger partial charge in [-0.2, -0.15) is 0 Å². The van der Waals surface area contributed by atoms with E-state index in [1.54, 1.807) is 6.92 Å². The van der Waals surface area contributed by atoms with Crippen molar-refractivity contribution in [3.8, 4) is 5.75 Å². The van der Waals surface area contributed by atoms with E-state index < -0.39 is 0 Å². The Morgan fingerprint density at radius 1 is 1.19 bits per heavy atom. The molecule has 0 bridgehead atoms. The van der Waals surface area contributed by atoms with Crippen molar-refractivity contribution in [2.24, 2.45) is 4.99 Å². The maximum absolute atomic E-state index is 11.5. The molecule has 6 nitrogen and oxygen atoms in total. The first-order chi connectivity index (χ1) is 12.6. The molecule has 0 aliphatic carbocycles. The fraction of sp³-hybridized carbons (Fsp3) is 0.600. The van der Waals surface area contributed by atoms with Crippen molar-refractivity contribution >= 4 is 11.9 Å². The van der Waals surface area contributed by atoms with E-state index in [-0.39, 0.29) is 5.91 Å². The van der Waals surface area contributed by atoms with Gasteiger partial charge in [0, 0.05) is 46.2 Å². The van der Waals surface area contributed by atoms with Gasteiger partial charge in [0.05, 0.1) is 6.61 Å². The van der Waals surface area contributed by atoms with Crippen LogP contribution < -0.4 is 10.1 Å². The average molecular weight is 361 g/mol. The summed E-state index contributed by atoms with van der Waals surface area (Å²) in [5.74, 6) is 2.02. The van der Waals surface area contributed by atoms with Crippen LogP contribution >= 0.6 is 0 Å². The van der Waals surface area contributed by atoms with Gasteiger partial charge in [-0.3, -0.25) is 9.79 Å². The molecule has 0 aromatic heterocycles. The molecule has 0 saturated carbocycles. The van der Waals surface area contributed by atoms with E-state index in [0.717, 1.165) is 70.4 Å². The maximum atomic E-state index is 11.5. The minimum Gasteiger partial charge on any atom is -0.494 e. The highest BCUT2D eigenvalue weighted by Gasteiger charge is 2.20. The Morgan fingerprint density at radius 2 is 1.92 bits per heavy atom. The highest BCUT2D eigenvalue weighted by molar-refractivity contribution is 5.80. The van der Waals surface area contributed by atoms with Gasteiger partial charge in [-0.05, 0) is 37.5 Å². The Balaban J connectivity index is 1.90. The van der Waals surface area contributed by atoms with Gasteiger partial charge in [0.2, 0.25) is 5.91 Å². The van der Waals surface area contributed by atoms with Crippen molar-refractivity contribution in [1.82, 2.24) is 15.1 Å². The number of benzene rings is 1. The number of guanidine groups is 1. The minimum atomic E-state index is 0.150. The second-order valence-corrected chi connectivity index (χ2v) is 6.47. The van der Waals surface area contributed by atoms with Gasteiger partial charge in [0.1, 0.15) is 5.75 Å². The van der Waals surface area contributed by atoms with Crippen LogP contribution in [0.1, 0.15) is 32.8 Å². The third kappa shape index (κ3) is 6.24. The Bertz CT molecular complexity index is 595. The largest absolute Gasteiger partial charge is 0.494 e. The Kier molecular flexibility index (Phi) is 8.25. The van der Waals surface area contributed by atoms with Gasteiger partial charge < -0.3 is 19.9 Å². The van der Waals surface area contributed by atoms with Crippen molar-refractivity contribution in [2.45, 2.75) is 33.6 Å². The zero-order chi connectivity index (χ0) is 18.8. The van der Waals surface area contributed by atoms with E-state index in [1.807, 2.05) is 17.0 Å². The van der Waals surface area contributed by atoms with Crippen molar-refractivity contribution in [1.29, 1.82) is 0 Å². The van der Waals surface area contributed by atoms with Crippen LogP contribution in [0.15, 0.2) is 29.3 Å². The number of nitrogens with zero attached hydrogens (tertiary/aromatic N) is 3.